The van der Waals surface area contributed by atoms with Crippen LogP contribution >= 0.6 is 0 Å². The van der Waals surface area contributed by atoms with E-state index in [1.165, 1.54) is 76.3 Å². The SMILES string of the molecule is CCCCCC1CCC(C2CCC(c3ccc(OC(F)(F)c4ccc(OC(F)F)c(F)c4)cc3)CC2)CC1. The summed E-state index contributed by atoms with van der Waals surface area (Å²) in [6.45, 7) is -0.987. The summed E-state index contributed by atoms with van der Waals surface area (Å²) in [5.74, 6) is 0.865. The summed E-state index contributed by atoms with van der Waals surface area (Å²) in [5, 5.41) is 0. The molecule has 2 aromatic carbocycles. The van der Waals surface area contributed by atoms with Crippen LogP contribution in [-0.4, -0.2) is 6.61 Å². The van der Waals surface area contributed by atoms with Gasteiger partial charge in [0.2, 0.25) is 0 Å². The van der Waals surface area contributed by atoms with E-state index in [-0.39, 0.29) is 5.75 Å². The van der Waals surface area contributed by atoms with Gasteiger partial charge in [0, 0.05) is 0 Å². The second kappa shape index (κ2) is 13.2. The third kappa shape index (κ3) is 7.63. The van der Waals surface area contributed by atoms with Crippen LogP contribution in [0, 0.1) is 23.6 Å². The first-order valence-corrected chi connectivity index (χ1v) is 14.2. The Morgan fingerprint density at radius 3 is 2.05 bits per heavy atom. The molecule has 0 aliphatic heterocycles. The van der Waals surface area contributed by atoms with Crippen LogP contribution in [0.25, 0.3) is 0 Å². The molecule has 2 aliphatic carbocycles. The molecule has 0 heterocycles. The van der Waals surface area contributed by atoms with Crippen LogP contribution < -0.4 is 9.47 Å². The first-order valence-electron chi connectivity index (χ1n) is 14.2. The van der Waals surface area contributed by atoms with Crippen molar-refractivity contribution in [2.75, 3.05) is 0 Å². The Kier molecular flexibility index (Phi) is 9.94. The zero-order valence-electron chi connectivity index (χ0n) is 22.1. The number of halogens is 5. The van der Waals surface area contributed by atoms with Crippen LogP contribution in [0.15, 0.2) is 42.5 Å². The molecule has 7 heteroatoms. The molecular weight excluding hydrogens is 499 g/mol. The lowest BCUT2D eigenvalue weighted by Gasteiger charge is -2.38. The van der Waals surface area contributed by atoms with Gasteiger partial charge in [0.1, 0.15) is 5.75 Å². The molecule has 0 atom stereocenters. The summed E-state index contributed by atoms with van der Waals surface area (Å²) in [7, 11) is 0. The zero-order valence-corrected chi connectivity index (χ0v) is 22.1. The van der Waals surface area contributed by atoms with Crippen LogP contribution in [0.3, 0.4) is 0 Å². The van der Waals surface area contributed by atoms with Crippen LogP contribution in [0.1, 0.15) is 101 Å². The molecule has 2 saturated carbocycles. The molecule has 38 heavy (non-hydrogen) atoms. The maximum Gasteiger partial charge on any atom is 0.426 e. The van der Waals surface area contributed by atoms with Gasteiger partial charge in [-0.05, 0) is 98.1 Å². The average molecular weight is 539 g/mol. The van der Waals surface area contributed by atoms with Gasteiger partial charge in [0.15, 0.2) is 11.6 Å². The van der Waals surface area contributed by atoms with Gasteiger partial charge in [-0.15, -0.1) is 0 Å². The van der Waals surface area contributed by atoms with E-state index in [0.717, 1.165) is 48.3 Å². The fourth-order valence-electron chi connectivity index (χ4n) is 6.44. The lowest BCUT2D eigenvalue weighted by Crippen LogP contribution is -2.25. The van der Waals surface area contributed by atoms with E-state index in [9.17, 15) is 22.0 Å². The average Bonchev–Trinajstić information content (AvgIpc) is 2.90. The molecule has 0 unspecified atom stereocenters. The Morgan fingerprint density at radius 1 is 0.842 bits per heavy atom. The molecule has 2 fully saturated rings. The Hall–Kier alpha value is -2.31. The Labute approximate surface area is 222 Å². The Morgan fingerprint density at radius 2 is 1.47 bits per heavy atom. The van der Waals surface area contributed by atoms with Crippen LogP contribution in [-0.2, 0) is 6.11 Å². The molecule has 4 rings (SSSR count). The summed E-state index contributed by atoms with van der Waals surface area (Å²) in [6.07, 6.45) is 11.8. The van der Waals surface area contributed by atoms with E-state index in [1.807, 2.05) is 12.1 Å². The van der Waals surface area contributed by atoms with Gasteiger partial charge in [-0.3, -0.25) is 0 Å². The van der Waals surface area contributed by atoms with Crippen molar-refractivity contribution in [1.82, 2.24) is 0 Å². The lowest BCUT2D eigenvalue weighted by molar-refractivity contribution is -0.185. The fraction of sp³-hybridized carbons (Fsp3) is 0.613. The quantitative estimate of drug-likeness (QED) is 0.209. The summed E-state index contributed by atoms with van der Waals surface area (Å²) in [5.41, 5.74) is 0.340. The number of ether oxygens (including phenoxy) is 2. The molecular formula is C31H39F5O2. The monoisotopic (exact) mass is 538 g/mol. The molecule has 0 N–H and O–H groups in total. The van der Waals surface area contributed by atoms with Gasteiger partial charge >= 0.3 is 12.7 Å². The maximum atomic E-state index is 14.6. The molecule has 0 radical (unpaired) electrons. The van der Waals surface area contributed by atoms with Gasteiger partial charge < -0.3 is 9.47 Å². The highest BCUT2D eigenvalue weighted by Crippen LogP contribution is 2.45. The van der Waals surface area contributed by atoms with Crippen molar-refractivity contribution in [3.8, 4) is 11.5 Å². The Balaban J connectivity index is 1.26. The maximum absolute atomic E-state index is 14.6. The van der Waals surface area contributed by atoms with Crippen LogP contribution in [0.4, 0.5) is 22.0 Å². The molecule has 0 amide bonds. The predicted octanol–water partition coefficient (Wildman–Crippen LogP) is 10.2. The van der Waals surface area contributed by atoms with E-state index >= 15 is 0 Å². The topological polar surface area (TPSA) is 18.5 Å². The highest BCUT2D eigenvalue weighted by molar-refractivity contribution is 5.33. The second-order valence-electron chi connectivity index (χ2n) is 11.1. The third-order valence-electron chi connectivity index (χ3n) is 8.63. The van der Waals surface area contributed by atoms with E-state index < -0.39 is 29.9 Å². The van der Waals surface area contributed by atoms with Gasteiger partial charge in [-0.1, -0.05) is 57.6 Å². The van der Waals surface area contributed by atoms with Crippen molar-refractivity contribution in [2.45, 2.75) is 103 Å². The minimum Gasteiger partial charge on any atom is -0.432 e. The smallest absolute Gasteiger partial charge is 0.426 e. The van der Waals surface area contributed by atoms with Gasteiger partial charge in [-0.25, -0.2) is 4.39 Å². The summed E-state index contributed by atoms with van der Waals surface area (Å²) < 4.78 is 76.5. The van der Waals surface area contributed by atoms with Crippen molar-refractivity contribution in [2.24, 2.45) is 17.8 Å². The van der Waals surface area contributed by atoms with Gasteiger partial charge in [0.05, 0.1) is 5.56 Å². The molecule has 2 nitrogen and oxygen atoms in total. The second-order valence-corrected chi connectivity index (χ2v) is 11.1. The van der Waals surface area contributed by atoms with Crippen LogP contribution in [0.2, 0.25) is 0 Å². The molecule has 2 aliphatic rings. The summed E-state index contributed by atoms with van der Waals surface area (Å²) in [4.78, 5) is 0. The van der Waals surface area contributed by atoms with Crippen molar-refractivity contribution in [3.05, 3.63) is 59.4 Å². The summed E-state index contributed by atoms with van der Waals surface area (Å²) in [6, 6.07) is 8.69. The number of unbranched alkanes of at least 4 members (excludes halogenated alkanes) is 2. The molecule has 210 valence electrons. The number of hydrogen-bond donors (Lipinski definition) is 0. The Bertz CT molecular complexity index is 994. The first kappa shape index (κ1) is 28.7. The number of rotatable bonds is 11. The van der Waals surface area contributed by atoms with E-state index in [4.69, 9.17) is 4.74 Å². The largest absolute Gasteiger partial charge is 0.432 e. The highest BCUT2D eigenvalue weighted by atomic mass is 19.3. The standard InChI is InChI=1S/C31H39F5O2/c1-2-3-4-5-21-6-8-22(9-7-21)23-10-12-24(13-11-23)25-14-17-27(18-15-25)38-31(35,36)26-16-19-29(28(32)20-26)37-30(33)34/h14-24,30H,2-13H2,1H3. The minimum absolute atomic E-state index is 0.0450. The highest BCUT2D eigenvalue weighted by Gasteiger charge is 2.36. The fourth-order valence-corrected chi connectivity index (χ4v) is 6.44. The minimum atomic E-state index is -3.83. The molecule has 2 aromatic rings. The zero-order chi connectivity index (χ0) is 27.1. The number of hydrogen-bond acceptors (Lipinski definition) is 2. The van der Waals surface area contributed by atoms with E-state index in [2.05, 4.69) is 11.7 Å². The van der Waals surface area contributed by atoms with Crippen molar-refractivity contribution in [3.63, 3.8) is 0 Å². The number of benzene rings is 2. The molecule has 0 aromatic heterocycles. The van der Waals surface area contributed by atoms with E-state index in [0.29, 0.717) is 12.0 Å². The normalized spacial score (nSPS) is 24.4. The van der Waals surface area contributed by atoms with Crippen molar-refractivity contribution in [1.29, 1.82) is 0 Å². The van der Waals surface area contributed by atoms with Crippen molar-refractivity contribution >= 4 is 0 Å². The molecule has 0 spiro atoms. The molecule has 0 saturated heterocycles. The van der Waals surface area contributed by atoms with Gasteiger partial charge in [-0.2, -0.15) is 17.6 Å². The van der Waals surface area contributed by atoms with Crippen LogP contribution in [0.5, 0.6) is 11.5 Å². The third-order valence-corrected chi connectivity index (χ3v) is 8.63. The predicted molar refractivity (Wildman–Crippen MR) is 138 cm³/mol. The van der Waals surface area contributed by atoms with E-state index in [1.54, 1.807) is 0 Å². The van der Waals surface area contributed by atoms with Crippen molar-refractivity contribution < 1.29 is 31.4 Å². The lowest BCUT2D eigenvalue weighted by atomic mass is 9.68. The number of alkyl halides is 4. The summed E-state index contributed by atoms with van der Waals surface area (Å²) >= 11 is 0. The van der Waals surface area contributed by atoms with Gasteiger partial charge in [0.25, 0.3) is 0 Å². The molecule has 0 bridgehead atoms. The first-order chi connectivity index (χ1) is 18.2.